The van der Waals surface area contributed by atoms with Crippen LogP contribution >= 0.6 is 0 Å². The van der Waals surface area contributed by atoms with Crippen LogP contribution in [0.5, 0.6) is 11.5 Å². The van der Waals surface area contributed by atoms with Gasteiger partial charge in [0.25, 0.3) is 11.7 Å². The van der Waals surface area contributed by atoms with E-state index in [9.17, 15) is 9.59 Å². The van der Waals surface area contributed by atoms with Crippen LogP contribution in [0.25, 0.3) is 0 Å². The molecule has 0 radical (unpaired) electrons. The van der Waals surface area contributed by atoms with Crippen LogP contribution in [0.1, 0.15) is 28.8 Å². The Kier molecular flexibility index (Phi) is 6.12. The molecule has 0 N–H and O–H groups in total. The zero-order valence-electron chi connectivity index (χ0n) is 15.8. The van der Waals surface area contributed by atoms with Gasteiger partial charge in [0, 0.05) is 18.7 Å². The second kappa shape index (κ2) is 8.71. The Morgan fingerprint density at radius 2 is 1.63 bits per heavy atom. The SMILES string of the molecule is COc1ccc(C(=O)C(=O)N2CCC(Cc3ccccc3)CC2)cc1OC. The minimum absolute atomic E-state index is 0.323. The molecule has 0 aromatic heterocycles. The number of Topliss-reactive ketones (excluding diaryl/α,β-unsaturated/α-hetero) is 1. The molecule has 2 aromatic rings. The summed E-state index contributed by atoms with van der Waals surface area (Å²) in [7, 11) is 3.04. The Bertz CT molecular complexity index is 795. The molecule has 3 rings (SSSR count). The van der Waals surface area contributed by atoms with Crippen molar-refractivity contribution in [1.82, 2.24) is 4.90 Å². The second-order valence-corrected chi connectivity index (χ2v) is 6.82. The molecule has 0 saturated carbocycles. The Morgan fingerprint density at radius 1 is 0.963 bits per heavy atom. The maximum Gasteiger partial charge on any atom is 0.294 e. The quantitative estimate of drug-likeness (QED) is 0.580. The van der Waals surface area contributed by atoms with E-state index in [0.29, 0.717) is 36.1 Å². The molecule has 5 heteroatoms. The molecule has 0 aliphatic carbocycles. The maximum absolute atomic E-state index is 12.6. The van der Waals surface area contributed by atoms with Crippen molar-refractivity contribution in [3.8, 4) is 11.5 Å². The van der Waals surface area contributed by atoms with Crippen LogP contribution in [0, 0.1) is 5.92 Å². The van der Waals surface area contributed by atoms with Crippen LogP contribution in [0.2, 0.25) is 0 Å². The van der Waals surface area contributed by atoms with Crippen molar-refractivity contribution in [1.29, 1.82) is 0 Å². The van der Waals surface area contributed by atoms with Gasteiger partial charge >= 0.3 is 0 Å². The number of carbonyl (C=O) groups excluding carboxylic acids is 2. The van der Waals surface area contributed by atoms with Crippen molar-refractivity contribution in [2.24, 2.45) is 5.92 Å². The van der Waals surface area contributed by atoms with E-state index in [1.54, 1.807) is 23.1 Å². The fourth-order valence-electron chi connectivity index (χ4n) is 3.53. The average molecular weight is 367 g/mol. The molecule has 0 unspecified atom stereocenters. The number of carbonyl (C=O) groups is 2. The molecule has 1 amide bonds. The van der Waals surface area contributed by atoms with Gasteiger partial charge in [-0.05, 0) is 48.9 Å². The van der Waals surface area contributed by atoms with Crippen LogP contribution < -0.4 is 9.47 Å². The molecule has 1 fully saturated rings. The lowest BCUT2D eigenvalue weighted by atomic mass is 9.90. The summed E-state index contributed by atoms with van der Waals surface area (Å²) in [6.07, 6.45) is 2.85. The molecule has 142 valence electrons. The topological polar surface area (TPSA) is 55.8 Å². The third-order valence-electron chi connectivity index (χ3n) is 5.11. The van der Waals surface area contributed by atoms with Gasteiger partial charge in [-0.1, -0.05) is 30.3 Å². The predicted molar refractivity (Wildman–Crippen MR) is 103 cm³/mol. The summed E-state index contributed by atoms with van der Waals surface area (Å²) >= 11 is 0. The van der Waals surface area contributed by atoms with Crippen LogP contribution in [0.15, 0.2) is 48.5 Å². The molecule has 1 aliphatic heterocycles. The Morgan fingerprint density at radius 3 is 2.26 bits per heavy atom. The number of amides is 1. The van der Waals surface area contributed by atoms with Gasteiger partial charge in [-0.2, -0.15) is 0 Å². The molecule has 2 aromatic carbocycles. The highest BCUT2D eigenvalue weighted by atomic mass is 16.5. The number of hydrogen-bond donors (Lipinski definition) is 0. The number of benzene rings is 2. The van der Waals surface area contributed by atoms with Gasteiger partial charge in [0.2, 0.25) is 0 Å². The molecule has 1 aliphatic rings. The Balaban J connectivity index is 1.59. The first-order valence-corrected chi connectivity index (χ1v) is 9.22. The van der Waals surface area contributed by atoms with Gasteiger partial charge < -0.3 is 14.4 Å². The average Bonchev–Trinajstić information content (AvgIpc) is 2.73. The molecule has 27 heavy (non-hydrogen) atoms. The van der Waals surface area contributed by atoms with E-state index in [0.717, 1.165) is 19.3 Å². The smallest absolute Gasteiger partial charge is 0.294 e. The van der Waals surface area contributed by atoms with E-state index >= 15 is 0 Å². The van der Waals surface area contributed by atoms with Crippen molar-refractivity contribution < 1.29 is 19.1 Å². The van der Waals surface area contributed by atoms with E-state index in [4.69, 9.17) is 9.47 Å². The van der Waals surface area contributed by atoms with Gasteiger partial charge in [-0.25, -0.2) is 0 Å². The number of piperidine rings is 1. The normalized spacial score (nSPS) is 14.7. The number of nitrogens with zero attached hydrogens (tertiary/aromatic N) is 1. The highest BCUT2D eigenvalue weighted by Gasteiger charge is 2.28. The van der Waals surface area contributed by atoms with E-state index in [-0.39, 0.29) is 0 Å². The predicted octanol–water partition coefficient (Wildman–Crippen LogP) is 3.37. The minimum atomic E-state index is -0.502. The first-order valence-electron chi connectivity index (χ1n) is 9.22. The van der Waals surface area contributed by atoms with Gasteiger partial charge in [0.1, 0.15) is 0 Å². The van der Waals surface area contributed by atoms with Gasteiger partial charge in [0.15, 0.2) is 11.5 Å². The zero-order valence-corrected chi connectivity index (χ0v) is 15.8. The van der Waals surface area contributed by atoms with E-state index in [1.807, 2.05) is 6.07 Å². The summed E-state index contributed by atoms with van der Waals surface area (Å²) in [5, 5.41) is 0. The summed E-state index contributed by atoms with van der Waals surface area (Å²) in [5.41, 5.74) is 1.65. The molecular weight excluding hydrogens is 342 g/mol. The van der Waals surface area contributed by atoms with Crippen LogP contribution in [-0.4, -0.2) is 43.9 Å². The third-order valence-corrected chi connectivity index (χ3v) is 5.11. The number of likely N-dealkylation sites (tertiary alicyclic amines) is 1. The van der Waals surface area contributed by atoms with E-state index in [2.05, 4.69) is 24.3 Å². The Labute approximate surface area is 159 Å². The molecule has 0 atom stereocenters. The first-order chi connectivity index (χ1) is 13.1. The summed E-state index contributed by atoms with van der Waals surface area (Å²) in [6.45, 7) is 1.24. The monoisotopic (exact) mass is 367 g/mol. The highest BCUT2D eigenvalue weighted by molar-refractivity contribution is 6.42. The fourth-order valence-corrected chi connectivity index (χ4v) is 3.53. The van der Waals surface area contributed by atoms with Gasteiger partial charge in [0.05, 0.1) is 14.2 Å². The van der Waals surface area contributed by atoms with Crippen molar-refractivity contribution in [3.63, 3.8) is 0 Å². The summed E-state index contributed by atoms with van der Waals surface area (Å²) in [5.74, 6) is 0.575. The molecule has 1 heterocycles. The number of rotatable bonds is 6. The summed E-state index contributed by atoms with van der Waals surface area (Å²) in [4.78, 5) is 26.9. The first kappa shape index (κ1) is 19.0. The van der Waals surface area contributed by atoms with Gasteiger partial charge in [-0.15, -0.1) is 0 Å². The van der Waals surface area contributed by atoms with Crippen molar-refractivity contribution in [2.45, 2.75) is 19.3 Å². The lowest BCUT2D eigenvalue weighted by Crippen LogP contribution is -2.42. The largest absolute Gasteiger partial charge is 0.493 e. The molecule has 5 nitrogen and oxygen atoms in total. The highest BCUT2D eigenvalue weighted by Crippen LogP contribution is 2.28. The van der Waals surface area contributed by atoms with E-state index < -0.39 is 11.7 Å². The third kappa shape index (κ3) is 4.48. The standard InChI is InChI=1S/C22H25NO4/c1-26-19-9-8-18(15-20(19)27-2)21(24)22(25)23-12-10-17(11-13-23)14-16-6-4-3-5-7-16/h3-9,15,17H,10-14H2,1-2H3. The second-order valence-electron chi connectivity index (χ2n) is 6.82. The number of hydrogen-bond acceptors (Lipinski definition) is 4. The van der Waals surface area contributed by atoms with Crippen molar-refractivity contribution >= 4 is 11.7 Å². The van der Waals surface area contributed by atoms with Crippen LogP contribution in [0.4, 0.5) is 0 Å². The van der Waals surface area contributed by atoms with Crippen molar-refractivity contribution in [3.05, 3.63) is 59.7 Å². The lowest BCUT2D eigenvalue weighted by Gasteiger charge is -2.31. The minimum Gasteiger partial charge on any atom is -0.493 e. The number of ketones is 1. The molecule has 0 spiro atoms. The maximum atomic E-state index is 12.6. The molecule has 1 saturated heterocycles. The molecular formula is C22H25NO4. The van der Waals surface area contributed by atoms with Crippen molar-refractivity contribution in [2.75, 3.05) is 27.3 Å². The van der Waals surface area contributed by atoms with Gasteiger partial charge in [-0.3, -0.25) is 9.59 Å². The summed E-state index contributed by atoms with van der Waals surface area (Å²) < 4.78 is 10.4. The lowest BCUT2D eigenvalue weighted by molar-refractivity contribution is -0.127. The van der Waals surface area contributed by atoms with Crippen LogP contribution in [0.3, 0.4) is 0 Å². The number of methoxy groups -OCH3 is 2. The Hall–Kier alpha value is -2.82. The van der Waals surface area contributed by atoms with E-state index in [1.165, 1.54) is 19.8 Å². The summed E-state index contributed by atoms with van der Waals surface area (Å²) in [6, 6.07) is 15.2. The zero-order chi connectivity index (χ0) is 19.2. The number of ether oxygens (including phenoxy) is 2. The fraction of sp³-hybridized carbons (Fsp3) is 0.364. The van der Waals surface area contributed by atoms with Crippen LogP contribution in [-0.2, 0) is 11.2 Å². The molecule has 0 bridgehead atoms.